The first-order chi connectivity index (χ1) is 12.5. The fourth-order valence-electron chi connectivity index (χ4n) is 2.91. The highest BCUT2D eigenvalue weighted by Gasteiger charge is 2.23. The van der Waals surface area contributed by atoms with E-state index in [2.05, 4.69) is 20.9 Å². The zero-order valence-corrected chi connectivity index (χ0v) is 16.3. The third kappa shape index (κ3) is 2.75. The molecule has 4 nitrogen and oxygen atoms in total. The first-order valence-electron chi connectivity index (χ1n) is 8.01. The normalized spacial score (nSPS) is 11.8. The monoisotopic (exact) mass is 426 g/mol. The van der Waals surface area contributed by atoms with Crippen LogP contribution in [0.15, 0.2) is 81.3 Å². The molecule has 0 aliphatic heterocycles. The molecule has 1 N–H and O–H groups in total. The van der Waals surface area contributed by atoms with E-state index in [0.29, 0.717) is 16.6 Å². The number of hydrogen-bond donors (Lipinski definition) is 1. The molecule has 4 rings (SSSR count). The van der Waals surface area contributed by atoms with Crippen LogP contribution in [0.4, 0.5) is 0 Å². The number of fused-ring (bicyclic) bond motifs is 1. The summed E-state index contributed by atoms with van der Waals surface area (Å²) in [5, 5.41) is 0.602. The minimum absolute atomic E-state index is 0.255. The van der Waals surface area contributed by atoms with Crippen LogP contribution in [-0.2, 0) is 9.84 Å². The van der Waals surface area contributed by atoms with Crippen molar-refractivity contribution in [3.63, 3.8) is 0 Å². The van der Waals surface area contributed by atoms with Crippen LogP contribution < -0.4 is 0 Å². The molecule has 0 saturated heterocycles. The van der Waals surface area contributed by atoms with Gasteiger partial charge in [0.1, 0.15) is 0 Å². The number of rotatable bonds is 3. The van der Waals surface area contributed by atoms with Gasteiger partial charge in [-0.1, -0.05) is 30.3 Å². The maximum atomic E-state index is 13.3. The first-order valence-corrected chi connectivity index (χ1v) is 10.3. The van der Waals surface area contributed by atoms with Crippen LogP contribution in [0, 0.1) is 6.92 Å². The van der Waals surface area contributed by atoms with Gasteiger partial charge < -0.3 is 4.98 Å². The minimum atomic E-state index is -3.68. The Balaban J connectivity index is 2.10. The van der Waals surface area contributed by atoms with E-state index in [0.717, 1.165) is 15.6 Å². The summed E-state index contributed by atoms with van der Waals surface area (Å²) in [5.41, 5.74) is 3.09. The molecule has 0 fully saturated rings. The molecule has 4 aromatic rings. The summed E-state index contributed by atoms with van der Waals surface area (Å²) < 4.78 is 27.4. The Labute approximate surface area is 160 Å². The van der Waals surface area contributed by atoms with Crippen molar-refractivity contribution in [3.05, 3.63) is 77.0 Å². The number of H-pyrrole nitrogens is 1. The van der Waals surface area contributed by atoms with Crippen LogP contribution in [0.2, 0.25) is 0 Å². The van der Waals surface area contributed by atoms with Crippen LogP contribution in [0.1, 0.15) is 5.56 Å². The van der Waals surface area contributed by atoms with Crippen molar-refractivity contribution in [3.8, 4) is 11.3 Å². The lowest BCUT2D eigenvalue weighted by molar-refractivity contribution is 0.597. The molecule has 0 bridgehead atoms. The predicted molar refractivity (Wildman–Crippen MR) is 106 cm³/mol. The molecule has 2 heterocycles. The highest BCUT2D eigenvalue weighted by atomic mass is 79.9. The number of sulfone groups is 1. The Hall–Kier alpha value is -2.44. The molecule has 6 heteroatoms. The summed E-state index contributed by atoms with van der Waals surface area (Å²) in [4.78, 5) is 8.23. The quantitative estimate of drug-likeness (QED) is 0.493. The van der Waals surface area contributed by atoms with Gasteiger partial charge in [0.25, 0.3) is 0 Å². The number of hydrogen-bond acceptors (Lipinski definition) is 3. The van der Waals surface area contributed by atoms with E-state index in [4.69, 9.17) is 4.98 Å². The lowest BCUT2D eigenvalue weighted by Crippen LogP contribution is -2.04. The Morgan fingerprint density at radius 2 is 1.81 bits per heavy atom. The highest BCUT2D eigenvalue weighted by Crippen LogP contribution is 2.35. The van der Waals surface area contributed by atoms with Crippen molar-refractivity contribution in [1.29, 1.82) is 0 Å². The van der Waals surface area contributed by atoms with Crippen LogP contribution in [0.3, 0.4) is 0 Å². The van der Waals surface area contributed by atoms with E-state index in [9.17, 15) is 8.42 Å². The van der Waals surface area contributed by atoms with Crippen LogP contribution in [0.5, 0.6) is 0 Å². The van der Waals surface area contributed by atoms with E-state index in [1.807, 2.05) is 25.1 Å². The lowest BCUT2D eigenvalue weighted by atomic mass is 10.1. The van der Waals surface area contributed by atoms with Gasteiger partial charge in [0.2, 0.25) is 9.84 Å². The predicted octanol–water partition coefficient (Wildman–Crippen LogP) is 5.13. The van der Waals surface area contributed by atoms with E-state index in [1.54, 1.807) is 48.8 Å². The van der Waals surface area contributed by atoms with Gasteiger partial charge >= 0.3 is 0 Å². The van der Waals surface area contributed by atoms with Crippen molar-refractivity contribution >= 4 is 36.7 Å². The van der Waals surface area contributed by atoms with Crippen molar-refractivity contribution in [2.24, 2.45) is 0 Å². The average Bonchev–Trinajstić information content (AvgIpc) is 3.19. The smallest absolute Gasteiger partial charge is 0.207 e. The third-order valence-electron chi connectivity index (χ3n) is 4.31. The Morgan fingerprint density at radius 3 is 2.50 bits per heavy atom. The summed E-state index contributed by atoms with van der Waals surface area (Å²) in [6.45, 7) is 1.96. The summed E-state index contributed by atoms with van der Waals surface area (Å²) in [7, 11) is -3.68. The average molecular weight is 427 g/mol. The summed E-state index contributed by atoms with van der Waals surface area (Å²) in [6.07, 6.45) is 3.59. The van der Waals surface area contributed by atoms with Gasteiger partial charge in [0.05, 0.1) is 21.0 Å². The standard InChI is InChI=1S/C20H15BrN2O2S/c1-13-7-8-16-18(26(24,25)15-5-3-2-4-6-15)11-17(14-9-10-22-12-14)23-20(16)19(13)21/h2-12,22H,1H3. The first kappa shape index (κ1) is 17.0. The van der Waals surface area contributed by atoms with Gasteiger partial charge in [-0.05, 0) is 52.7 Å². The van der Waals surface area contributed by atoms with Crippen molar-refractivity contribution < 1.29 is 8.42 Å². The molecule has 0 saturated carbocycles. The second-order valence-electron chi connectivity index (χ2n) is 6.01. The van der Waals surface area contributed by atoms with Crippen LogP contribution in [0.25, 0.3) is 22.2 Å². The molecular formula is C20H15BrN2O2S. The molecule has 0 aliphatic carbocycles. The SMILES string of the molecule is Cc1ccc2c(S(=O)(=O)c3ccccc3)cc(-c3cc[nH]c3)nc2c1Br. The number of nitrogens with zero attached hydrogens (tertiary/aromatic N) is 1. The molecule has 2 aromatic carbocycles. The molecule has 0 spiro atoms. The largest absolute Gasteiger partial charge is 0.367 e. The highest BCUT2D eigenvalue weighted by molar-refractivity contribution is 9.10. The summed E-state index contributed by atoms with van der Waals surface area (Å²) in [6, 6.07) is 15.7. The second kappa shape index (κ2) is 6.37. The summed E-state index contributed by atoms with van der Waals surface area (Å²) in [5.74, 6) is 0. The van der Waals surface area contributed by atoms with Gasteiger partial charge in [-0.3, -0.25) is 0 Å². The zero-order chi connectivity index (χ0) is 18.3. The van der Waals surface area contributed by atoms with Gasteiger partial charge in [0.15, 0.2) is 0 Å². The number of aromatic nitrogens is 2. The fraction of sp³-hybridized carbons (Fsp3) is 0.0500. The molecule has 0 radical (unpaired) electrons. The molecule has 2 aromatic heterocycles. The van der Waals surface area contributed by atoms with Crippen LogP contribution in [-0.4, -0.2) is 18.4 Å². The Kier molecular flexibility index (Phi) is 4.17. The maximum Gasteiger partial charge on any atom is 0.207 e. The fourth-order valence-corrected chi connectivity index (χ4v) is 4.83. The van der Waals surface area contributed by atoms with E-state index in [-0.39, 0.29) is 9.79 Å². The number of nitrogens with one attached hydrogen (secondary N) is 1. The molecule has 26 heavy (non-hydrogen) atoms. The minimum Gasteiger partial charge on any atom is -0.367 e. The van der Waals surface area contributed by atoms with Crippen molar-refractivity contribution in [2.45, 2.75) is 16.7 Å². The molecular weight excluding hydrogens is 412 g/mol. The molecule has 0 atom stereocenters. The number of aromatic amines is 1. The topological polar surface area (TPSA) is 62.8 Å². The summed E-state index contributed by atoms with van der Waals surface area (Å²) >= 11 is 3.57. The van der Waals surface area contributed by atoms with E-state index >= 15 is 0 Å². The van der Waals surface area contributed by atoms with Gasteiger partial charge in [0, 0.05) is 27.8 Å². The Morgan fingerprint density at radius 1 is 1.04 bits per heavy atom. The van der Waals surface area contributed by atoms with Crippen molar-refractivity contribution in [1.82, 2.24) is 9.97 Å². The van der Waals surface area contributed by atoms with Gasteiger partial charge in [-0.25, -0.2) is 13.4 Å². The maximum absolute atomic E-state index is 13.3. The number of benzene rings is 2. The number of halogens is 1. The number of aryl methyl sites for hydroxylation is 1. The van der Waals surface area contributed by atoms with Gasteiger partial charge in [-0.15, -0.1) is 0 Å². The lowest BCUT2D eigenvalue weighted by Gasteiger charge is -2.12. The van der Waals surface area contributed by atoms with Gasteiger partial charge in [-0.2, -0.15) is 0 Å². The second-order valence-corrected chi connectivity index (χ2v) is 8.73. The third-order valence-corrected chi connectivity index (χ3v) is 7.12. The Bertz CT molecular complexity index is 1200. The zero-order valence-electron chi connectivity index (χ0n) is 13.9. The van der Waals surface area contributed by atoms with Crippen LogP contribution >= 0.6 is 15.9 Å². The van der Waals surface area contributed by atoms with Crippen molar-refractivity contribution in [2.75, 3.05) is 0 Å². The van der Waals surface area contributed by atoms with E-state index in [1.165, 1.54) is 0 Å². The molecule has 0 unspecified atom stereocenters. The molecule has 0 amide bonds. The van der Waals surface area contributed by atoms with E-state index < -0.39 is 9.84 Å². The number of pyridine rings is 1. The molecule has 130 valence electrons. The molecule has 0 aliphatic rings.